The monoisotopic (exact) mass is 281 g/mol. The van der Waals surface area contributed by atoms with Gasteiger partial charge in [-0.25, -0.2) is 0 Å². The van der Waals surface area contributed by atoms with Crippen LogP contribution in [0.2, 0.25) is 5.02 Å². The molecule has 1 aliphatic heterocycles. The summed E-state index contributed by atoms with van der Waals surface area (Å²) in [5.74, 6) is 0.107. The number of amides is 1. The molecule has 5 heteroatoms. The number of carbonyl (C=O) groups is 1. The summed E-state index contributed by atoms with van der Waals surface area (Å²) in [5, 5.41) is 6.97. The smallest absolute Gasteiger partial charge is 0.234 e. The van der Waals surface area contributed by atoms with Crippen molar-refractivity contribution in [3.05, 3.63) is 34.9 Å². The summed E-state index contributed by atoms with van der Waals surface area (Å²) in [6.45, 7) is 5.01. The van der Waals surface area contributed by atoms with Crippen LogP contribution in [0.4, 0.5) is 0 Å². The highest BCUT2D eigenvalue weighted by atomic mass is 35.5. The molecule has 0 bridgehead atoms. The first-order valence-corrected chi connectivity index (χ1v) is 7.06. The SMILES string of the molecule is O=C(CN1CCNCC1)NCCc1ccc(Cl)cc1. The average molecular weight is 282 g/mol. The lowest BCUT2D eigenvalue weighted by atomic mass is 10.1. The van der Waals surface area contributed by atoms with E-state index in [1.54, 1.807) is 0 Å². The maximum Gasteiger partial charge on any atom is 0.234 e. The van der Waals surface area contributed by atoms with Crippen molar-refractivity contribution < 1.29 is 4.79 Å². The van der Waals surface area contributed by atoms with Crippen molar-refractivity contribution in [2.75, 3.05) is 39.3 Å². The Balaban J connectivity index is 1.64. The van der Waals surface area contributed by atoms with Gasteiger partial charge in [-0.1, -0.05) is 23.7 Å². The van der Waals surface area contributed by atoms with Gasteiger partial charge in [0.15, 0.2) is 0 Å². The Morgan fingerprint density at radius 1 is 1.26 bits per heavy atom. The van der Waals surface area contributed by atoms with Crippen LogP contribution in [0.1, 0.15) is 5.56 Å². The van der Waals surface area contributed by atoms with Gasteiger partial charge in [0.1, 0.15) is 0 Å². The molecule has 0 unspecified atom stereocenters. The summed E-state index contributed by atoms with van der Waals surface area (Å²) in [5.41, 5.74) is 1.19. The third-order valence-corrected chi connectivity index (χ3v) is 3.48. The molecular weight excluding hydrogens is 262 g/mol. The molecule has 2 rings (SSSR count). The van der Waals surface area contributed by atoms with Gasteiger partial charge in [0, 0.05) is 37.7 Å². The van der Waals surface area contributed by atoms with Crippen LogP contribution in [-0.4, -0.2) is 50.1 Å². The number of nitrogens with zero attached hydrogens (tertiary/aromatic N) is 1. The Bertz CT molecular complexity index is 402. The number of hydrogen-bond acceptors (Lipinski definition) is 3. The van der Waals surface area contributed by atoms with Crippen LogP contribution >= 0.6 is 11.6 Å². The Labute approximate surface area is 119 Å². The van der Waals surface area contributed by atoms with E-state index in [0.29, 0.717) is 13.1 Å². The molecule has 1 fully saturated rings. The predicted octanol–water partition coefficient (Wildman–Crippen LogP) is 0.904. The minimum absolute atomic E-state index is 0.107. The van der Waals surface area contributed by atoms with E-state index in [4.69, 9.17) is 11.6 Å². The van der Waals surface area contributed by atoms with E-state index in [1.807, 2.05) is 24.3 Å². The van der Waals surface area contributed by atoms with Gasteiger partial charge in [-0.3, -0.25) is 9.69 Å². The zero-order valence-electron chi connectivity index (χ0n) is 11.0. The Morgan fingerprint density at radius 3 is 2.63 bits per heavy atom. The number of piperazine rings is 1. The summed E-state index contributed by atoms with van der Waals surface area (Å²) >= 11 is 5.82. The minimum Gasteiger partial charge on any atom is -0.355 e. The molecule has 1 aromatic carbocycles. The minimum atomic E-state index is 0.107. The van der Waals surface area contributed by atoms with Crippen molar-refractivity contribution in [1.29, 1.82) is 0 Å². The lowest BCUT2D eigenvalue weighted by molar-refractivity contribution is -0.122. The van der Waals surface area contributed by atoms with Crippen molar-refractivity contribution in [3.8, 4) is 0 Å². The molecule has 0 atom stereocenters. The van der Waals surface area contributed by atoms with Crippen LogP contribution in [-0.2, 0) is 11.2 Å². The van der Waals surface area contributed by atoms with Crippen LogP contribution in [0.5, 0.6) is 0 Å². The van der Waals surface area contributed by atoms with Crippen molar-refractivity contribution in [1.82, 2.24) is 15.5 Å². The van der Waals surface area contributed by atoms with E-state index in [9.17, 15) is 4.79 Å². The molecular formula is C14H20ClN3O. The number of rotatable bonds is 5. The molecule has 4 nitrogen and oxygen atoms in total. The zero-order chi connectivity index (χ0) is 13.5. The lowest BCUT2D eigenvalue weighted by Crippen LogP contribution is -2.47. The molecule has 0 spiro atoms. The Hall–Kier alpha value is -1.10. The second-order valence-corrected chi connectivity index (χ2v) is 5.19. The van der Waals surface area contributed by atoms with Crippen LogP contribution in [0.3, 0.4) is 0 Å². The highest BCUT2D eigenvalue weighted by Crippen LogP contribution is 2.09. The van der Waals surface area contributed by atoms with Gasteiger partial charge < -0.3 is 10.6 Å². The zero-order valence-corrected chi connectivity index (χ0v) is 11.7. The molecule has 1 saturated heterocycles. The van der Waals surface area contributed by atoms with Gasteiger partial charge in [-0.2, -0.15) is 0 Å². The molecule has 2 N–H and O–H groups in total. The van der Waals surface area contributed by atoms with Crippen LogP contribution in [0.15, 0.2) is 24.3 Å². The number of carbonyl (C=O) groups excluding carboxylic acids is 1. The second kappa shape index (κ2) is 7.48. The number of benzene rings is 1. The maximum atomic E-state index is 11.8. The highest BCUT2D eigenvalue weighted by molar-refractivity contribution is 6.30. The van der Waals surface area contributed by atoms with Crippen LogP contribution < -0.4 is 10.6 Å². The molecule has 19 heavy (non-hydrogen) atoms. The molecule has 0 saturated carbocycles. The molecule has 1 aliphatic rings. The molecule has 0 aromatic heterocycles. The first-order chi connectivity index (χ1) is 9.24. The van der Waals surface area contributed by atoms with Crippen LogP contribution in [0.25, 0.3) is 0 Å². The van der Waals surface area contributed by atoms with Gasteiger partial charge in [0.05, 0.1) is 6.54 Å². The van der Waals surface area contributed by atoms with E-state index >= 15 is 0 Å². The van der Waals surface area contributed by atoms with E-state index in [2.05, 4.69) is 15.5 Å². The van der Waals surface area contributed by atoms with Crippen molar-refractivity contribution in [2.24, 2.45) is 0 Å². The largest absolute Gasteiger partial charge is 0.355 e. The van der Waals surface area contributed by atoms with Gasteiger partial charge in [-0.15, -0.1) is 0 Å². The average Bonchev–Trinajstić information content (AvgIpc) is 2.42. The van der Waals surface area contributed by atoms with Crippen molar-refractivity contribution in [3.63, 3.8) is 0 Å². The Kier molecular flexibility index (Phi) is 5.63. The molecule has 0 radical (unpaired) electrons. The number of halogens is 1. The van der Waals surface area contributed by atoms with Gasteiger partial charge in [0.25, 0.3) is 0 Å². The maximum absolute atomic E-state index is 11.8. The lowest BCUT2D eigenvalue weighted by Gasteiger charge is -2.26. The van der Waals surface area contributed by atoms with Crippen molar-refractivity contribution >= 4 is 17.5 Å². The Morgan fingerprint density at radius 2 is 1.95 bits per heavy atom. The summed E-state index contributed by atoms with van der Waals surface area (Å²) in [6.07, 6.45) is 0.838. The van der Waals surface area contributed by atoms with Crippen molar-refractivity contribution in [2.45, 2.75) is 6.42 Å². The van der Waals surface area contributed by atoms with E-state index < -0.39 is 0 Å². The number of hydrogen-bond donors (Lipinski definition) is 2. The van der Waals surface area contributed by atoms with E-state index in [1.165, 1.54) is 5.56 Å². The fraction of sp³-hybridized carbons (Fsp3) is 0.500. The standard InChI is InChI=1S/C14H20ClN3O/c15-13-3-1-12(2-4-13)5-6-17-14(19)11-18-9-7-16-8-10-18/h1-4,16H,5-11H2,(H,17,19). The number of nitrogens with one attached hydrogen (secondary N) is 2. The van der Waals surface area contributed by atoms with E-state index in [0.717, 1.165) is 37.6 Å². The fourth-order valence-corrected chi connectivity index (χ4v) is 2.25. The predicted molar refractivity (Wildman–Crippen MR) is 77.5 cm³/mol. The highest BCUT2D eigenvalue weighted by Gasteiger charge is 2.12. The first kappa shape index (κ1) is 14.3. The summed E-state index contributed by atoms with van der Waals surface area (Å²) < 4.78 is 0. The molecule has 0 aliphatic carbocycles. The summed E-state index contributed by atoms with van der Waals surface area (Å²) in [6, 6.07) is 7.73. The second-order valence-electron chi connectivity index (χ2n) is 4.75. The molecule has 1 amide bonds. The molecule has 1 aromatic rings. The summed E-state index contributed by atoms with van der Waals surface area (Å²) in [4.78, 5) is 13.9. The quantitative estimate of drug-likeness (QED) is 0.843. The molecule has 104 valence electrons. The van der Waals surface area contributed by atoms with Gasteiger partial charge in [0.2, 0.25) is 5.91 Å². The van der Waals surface area contributed by atoms with Crippen LogP contribution in [0, 0.1) is 0 Å². The van der Waals surface area contributed by atoms with E-state index in [-0.39, 0.29) is 5.91 Å². The normalized spacial score (nSPS) is 16.3. The molecule has 1 heterocycles. The topological polar surface area (TPSA) is 44.4 Å². The fourth-order valence-electron chi connectivity index (χ4n) is 2.13. The summed E-state index contributed by atoms with van der Waals surface area (Å²) in [7, 11) is 0. The third kappa shape index (κ3) is 5.19. The van der Waals surface area contributed by atoms with Gasteiger partial charge in [-0.05, 0) is 24.1 Å². The third-order valence-electron chi connectivity index (χ3n) is 3.23. The van der Waals surface area contributed by atoms with Gasteiger partial charge >= 0.3 is 0 Å². The first-order valence-electron chi connectivity index (χ1n) is 6.68.